The fraction of sp³-hybridized carbons (Fsp3) is 0. The van der Waals surface area contributed by atoms with Crippen molar-refractivity contribution in [2.24, 2.45) is 0 Å². The highest BCUT2D eigenvalue weighted by Crippen LogP contribution is 2.35. The topological polar surface area (TPSA) is 38.9 Å². The second-order valence-corrected chi connectivity index (χ2v) is 6.48. The Morgan fingerprint density at radius 3 is 2.35 bits per heavy atom. The van der Waals surface area contributed by atoms with Crippen molar-refractivity contribution in [1.82, 2.24) is 9.97 Å². The molecule has 0 atom stereocenters. The molecule has 26 heavy (non-hydrogen) atoms. The minimum absolute atomic E-state index is 0.659. The normalized spacial score (nSPS) is 11.3. The Hall–Kier alpha value is -3.17. The van der Waals surface area contributed by atoms with Crippen LogP contribution in [-0.4, -0.2) is 9.97 Å². The van der Waals surface area contributed by atoms with Gasteiger partial charge in [0.15, 0.2) is 11.4 Å². The number of nitrogens with zero attached hydrogens (tertiary/aromatic N) is 2. The van der Waals surface area contributed by atoms with Gasteiger partial charge in [-0.05, 0) is 24.3 Å². The zero-order valence-electron chi connectivity index (χ0n) is 13.7. The molecule has 4 heteroatoms. The molecule has 0 fully saturated rings. The van der Waals surface area contributed by atoms with Crippen LogP contribution in [0.3, 0.4) is 0 Å². The Morgan fingerprint density at radius 1 is 0.731 bits per heavy atom. The fourth-order valence-corrected chi connectivity index (χ4v) is 3.33. The number of halogens is 1. The molecule has 0 spiro atoms. The molecule has 0 aliphatic carbocycles. The molecule has 124 valence electrons. The van der Waals surface area contributed by atoms with Crippen LogP contribution < -0.4 is 0 Å². The number of hydrogen-bond acceptors (Lipinski definition) is 3. The summed E-state index contributed by atoms with van der Waals surface area (Å²) < 4.78 is 6.10. The highest BCUT2D eigenvalue weighted by Gasteiger charge is 2.17. The van der Waals surface area contributed by atoms with Crippen molar-refractivity contribution in [3.63, 3.8) is 0 Å². The Balaban J connectivity index is 1.90. The summed E-state index contributed by atoms with van der Waals surface area (Å²) in [6.07, 6.45) is 0. The van der Waals surface area contributed by atoms with Crippen LogP contribution in [-0.2, 0) is 0 Å². The molecule has 0 aliphatic heterocycles. The fourth-order valence-electron chi connectivity index (χ4n) is 3.14. The maximum absolute atomic E-state index is 6.21. The van der Waals surface area contributed by atoms with Gasteiger partial charge < -0.3 is 4.42 Å². The summed E-state index contributed by atoms with van der Waals surface area (Å²) in [4.78, 5) is 9.62. The van der Waals surface area contributed by atoms with Crippen LogP contribution in [0.4, 0.5) is 0 Å². The summed E-state index contributed by atoms with van der Waals surface area (Å²) in [7, 11) is 0. The van der Waals surface area contributed by atoms with Gasteiger partial charge in [-0.3, -0.25) is 0 Å². The minimum Gasteiger partial charge on any atom is -0.452 e. The molecule has 0 bridgehead atoms. The molecular weight excluding hydrogens is 344 g/mol. The summed E-state index contributed by atoms with van der Waals surface area (Å²) in [6, 6.07) is 25.5. The summed E-state index contributed by atoms with van der Waals surface area (Å²) in [6.45, 7) is 0. The third kappa shape index (κ3) is 2.45. The van der Waals surface area contributed by atoms with Crippen molar-refractivity contribution >= 4 is 33.7 Å². The van der Waals surface area contributed by atoms with Gasteiger partial charge in [0.2, 0.25) is 0 Å². The predicted octanol–water partition coefficient (Wildman–Crippen LogP) is 6.36. The van der Waals surface area contributed by atoms with E-state index in [1.807, 2.05) is 78.9 Å². The van der Waals surface area contributed by atoms with E-state index in [-0.39, 0.29) is 0 Å². The van der Waals surface area contributed by atoms with E-state index < -0.39 is 0 Å². The lowest BCUT2D eigenvalue weighted by molar-refractivity contribution is 0.667. The van der Waals surface area contributed by atoms with Crippen LogP contribution >= 0.6 is 11.6 Å². The summed E-state index contributed by atoms with van der Waals surface area (Å²) in [5.41, 5.74) is 4.89. The minimum atomic E-state index is 0.659. The molecule has 0 radical (unpaired) electrons. The van der Waals surface area contributed by atoms with Gasteiger partial charge in [-0.2, -0.15) is 0 Å². The zero-order valence-corrected chi connectivity index (χ0v) is 14.4. The monoisotopic (exact) mass is 356 g/mol. The molecule has 0 saturated heterocycles. The van der Waals surface area contributed by atoms with E-state index in [4.69, 9.17) is 26.0 Å². The first-order valence-corrected chi connectivity index (χ1v) is 8.68. The van der Waals surface area contributed by atoms with Gasteiger partial charge in [-0.25, -0.2) is 9.97 Å². The SMILES string of the molecule is Clc1cccc(-c2nc(-c3ccccc3)nc3c2oc2ccccc23)c1. The van der Waals surface area contributed by atoms with E-state index in [1.54, 1.807) is 0 Å². The van der Waals surface area contributed by atoms with Crippen molar-refractivity contribution < 1.29 is 4.42 Å². The van der Waals surface area contributed by atoms with E-state index >= 15 is 0 Å². The molecule has 3 nitrogen and oxygen atoms in total. The average molecular weight is 357 g/mol. The molecule has 0 aliphatic rings. The molecule has 3 aromatic carbocycles. The molecule has 5 rings (SSSR count). The van der Waals surface area contributed by atoms with Crippen LogP contribution in [0.1, 0.15) is 0 Å². The van der Waals surface area contributed by atoms with Crippen molar-refractivity contribution in [2.75, 3.05) is 0 Å². The molecule has 2 aromatic heterocycles. The molecule has 0 unspecified atom stereocenters. The standard InChI is InChI=1S/C22H13ClN2O/c23-16-10-6-9-15(13-16)19-21-20(17-11-4-5-12-18(17)26-21)25-22(24-19)14-7-2-1-3-8-14/h1-13H. The van der Waals surface area contributed by atoms with Gasteiger partial charge in [0.1, 0.15) is 16.8 Å². The smallest absolute Gasteiger partial charge is 0.180 e. The lowest BCUT2D eigenvalue weighted by Gasteiger charge is -2.06. The molecule has 0 amide bonds. The molecule has 2 heterocycles. The summed E-state index contributed by atoms with van der Waals surface area (Å²) >= 11 is 6.21. The van der Waals surface area contributed by atoms with Crippen LogP contribution in [0.5, 0.6) is 0 Å². The first-order chi connectivity index (χ1) is 12.8. The zero-order chi connectivity index (χ0) is 17.5. The van der Waals surface area contributed by atoms with Crippen LogP contribution in [0, 0.1) is 0 Å². The second kappa shape index (κ2) is 5.97. The van der Waals surface area contributed by atoms with E-state index in [0.29, 0.717) is 16.4 Å². The van der Waals surface area contributed by atoms with E-state index in [2.05, 4.69) is 0 Å². The first-order valence-electron chi connectivity index (χ1n) is 8.30. The van der Waals surface area contributed by atoms with Gasteiger partial charge in [0.05, 0.1) is 0 Å². The van der Waals surface area contributed by atoms with Crippen LogP contribution in [0.25, 0.3) is 44.7 Å². The van der Waals surface area contributed by atoms with Crippen molar-refractivity contribution in [1.29, 1.82) is 0 Å². The Labute approximate surface area is 154 Å². The Morgan fingerprint density at radius 2 is 1.50 bits per heavy atom. The van der Waals surface area contributed by atoms with Crippen molar-refractivity contribution in [3.8, 4) is 22.6 Å². The molecule has 0 saturated carbocycles. The van der Waals surface area contributed by atoms with Gasteiger partial charge in [0.25, 0.3) is 0 Å². The Kier molecular flexibility index (Phi) is 3.47. The first kappa shape index (κ1) is 15.1. The van der Waals surface area contributed by atoms with Gasteiger partial charge in [0, 0.05) is 21.5 Å². The third-order valence-electron chi connectivity index (χ3n) is 4.35. The number of fused-ring (bicyclic) bond motifs is 3. The van der Waals surface area contributed by atoms with Gasteiger partial charge >= 0.3 is 0 Å². The van der Waals surface area contributed by atoms with Gasteiger partial charge in [-0.1, -0.05) is 66.2 Å². The summed E-state index contributed by atoms with van der Waals surface area (Å²) in [5.74, 6) is 0.666. The molecular formula is C22H13ClN2O. The molecule has 5 aromatic rings. The third-order valence-corrected chi connectivity index (χ3v) is 4.58. The number of furan rings is 1. The number of benzene rings is 3. The molecule has 0 N–H and O–H groups in total. The van der Waals surface area contributed by atoms with Gasteiger partial charge in [-0.15, -0.1) is 0 Å². The maximum Gasteiger partial charge on any atom is 0.180 e. The largest absolute Gasteiger partial charge is 0.452 e. The van der Waals surface area contributed by atoms with Crippen molar-refractivity contribution in [2.45, 2.75) is 0 Å². The van der Waals surface area contributed by atoms with E-state index in [1.165, 1.54) is 0 Å². The number of para-hydroxylation sites is 1. The highest BCUT2D eigenvalue weighted by atomic mass is 35.5. The van der Waals surface area contributed by atoms with E-state index in [0.717, 1.165) is 33.3 Å². The van der Waals surface area contributed by atoms with Crippen molar-refractivity contribution in [3.05, 3.63) is 83.9 Å². The maximum atomic E-state index is 6.21. The lowest BCUT2D eigenvalue weighted by atomic mass is 10.1. The average Bonchev–Trinajstić information content (AvgIpc) is 3.06. The number of rotatable bonds is 2. The second-order valence-electron chi connectivity index (χ2n) is 6.05. The van der Waals surface area contributed by atoms with Crippen LogP contribution in [0.15, 0.2) is 83.3 Å². The number of hydrogen-bond donors (Lipinski definition) is 0. The quantitative estimate of drug-likeness (QED) is 0.369. The van der Waals surface area contributed by atoms with E-state index in [9.17, 15) is 0 Å². The summed E-state index contributed by atoms with van der Waals surface area (Å²) in [5, 5.41) is 1.64. The Bertz CT molecular complexity index is 1250. The number of aromatic nitrogens is 2. The highest BCUT2D eigenvalue weighted by molar-refractivity contribution is 6.30. The predicted molar refractivity (Wildman–Crippen MR) is 105 cm³/mol. The lowest BCUT2D eigenvalue weighted by Crippen LogP contribution is -1.93. The van der Waals surface area contributed by atoms with Crippen LogP contribution in [0.2, 0.25) is 5.02 Å².